The van der Waals surface area contributed by atoms with Gasteiger partial charge in [0.2, 0.25) is 0 Å². The number of hydrogen-bond acceptors (Lipinski definition) is 3. The summed E-state index contributed by atoms with van der Waals surface area (Å²) >= 11 is 0. The molecular weight excluding hydrogens is 245 g/mol. The van der Waals surface area contributed by atoms with Crippen LogP contribution in [0.5, 0.6) is 0 Å². The summed E-state index contributed by atoms with van der Waals surface area (Å²) < 4.78 is 18.8. The normalized spacial score (nSPS) is 14.3. The first-order chi connectivity index (χ1) is 9.22. The smallest absolute Gasteiger partial charge is 0.133 e. The van der Waals surface area contributed by atoms with Crippen molar-refractivity contribution < 1.29 is 13.9 Å². The van der Waals surface area contributed by atoms with Crippen LogP contribution in [0.1, 0.15) is 36.8 Å². The number of benzene rings is 1. The number of hydrogen-bond donors (Lipinski definition) is 2. The second kappa shape index (κ2) is 6.50. The first-order valence-corrected chi connectivity index (χ1v) is 6.41. The fraction of sp³-hybridized carbons (Fsp3) is 0.333. The lowest BCUT2D eigenvalue weighted by molar-refractivity contribution is 0.143. The van der Waals surface area contributed by atoms with E-state index >= 15 is 0 Å². The van der Waals surface area contributed by atoms with E-state index in [1.807, 2.05) is 13.0 Å². The molecule has 2 rings (SSSR count). The molecule has 2 aromatic rings. The van der Waals surface area contributed by atoms with Crippen LogP contribution >= 0.6 is 0 Å². The van der Waals surface area contributed by atoms with E-state index in [1.165, 1.54) is 12.3 Å². The highest BCUT2D eigenvalue weighted by Gasteiger charge is 2.16. The van der Waals surface area contributed by atoms with Gasteiger partial charge in [0.15, 0.2) is 0 Å². The predicted molar refractivity (Wildman–Crippen MR) is 71.1 cm³/mol. The highest BCUT2D eigenvalue weighted by atomic mass is 19.1. The molecule has 0 amide bonds. The van der Waals surface area contributed by atoms with Crippen LogP contribution in [0.25, 0.3) is 0 Å². The van der Waals surface area contributed by atoms with E-state index in [2.05, 4.69) is 5.32 Å². The van der Waals surface area contributed by atoms with Crippen LogP contribution < -0.4 is 5.32 Å². The third kappa shape index (κ3) is 3.43. The average molecular weight is 263 g/mol. The standard InChI is InChI=1S/C15H18FNO2/c1-2-13(11-6-3-4-7-12(11)16)17-10-14(18)15-8-5-9-19-15/h3-9,13-14,17-18H,2,10H2,1H3/t13-,14+/m1/s1. The highest BCUT2D eigenvalue weighted by Crippen LogP contribution is 2.21. The maximum atomic E-state index is 13.7. The van der Waals surface area contributed by atoms with Crippen molar-refractivity contribution in [1.82, 2.24) is 5.32 Å². The number of aliphatic hydroxyl groups is 1. The Morgan fingerprint density at radius 2 is 2.05 bits per heavy atom. The molecule has 0 saturated heterocycles. The van der Waals surface area contributed by atoms with Gasteiger partial charge in [-0.3, -0.25) is 0 Å². The third-order valence-corrected chi connectivity index (χ3v) is 3.12. The number of rotatable bonds is 6. The number of halogens is 1. The topological polar surface area (TPSA) is 45.4 Å². The fourth-order valence-electron chi connectivity index (χ4n) is 2.07. The molecule has 2 N–H and O–H groups in total. The molecule has 19 heavy (non-hydrogen) atoms. The Balaban J connectivity index is 1.99. The first kappa shape index (κ1) is 13.8. The highest BCUT2D eigenvalue weighted by molar-refractivity contribution is 5.21. The van der Waals surface area contributed by atoms with Gasteiger partial charge < -0.3 is 14.8 Å². The van der Waals surface area contributed by atoms with Gasteiger partial charge in [-0.15, -0.1) is 0 Å². The number of aliphatic hydroxyl groups excluding tert-OH is 1. The summed E-state index contributed by atoms with van der Waals surface area (Å²) in [5.41, 5.74) is 0.622. The quantitative estimate of drug-likeness (QED) is 0.841. The van der Waals surface area contributed by atoms with Crippen molar-refractivity contribution in [1.29, 1.82) is 0 Å². The Bertz CT molecular complexity index is 499. The molecular formula is C15H18FNO2. The van der Waals surface area contributed by atoms with Gasteiger partial charge in [0.05, 0.1) is 6.26 Å². The molecule has 0 aliphatic carbocycles. The van der Waals surface area contributed by atoms with Gasteiger partial charge >= 0.3 is 0 Å². The predicted octanol–water partition coefficient (Wildman–Crippen LogP) is 3.19. The molecule has 0 aliphatic rings. The van der Waals surface area contributed by atoms with Gasteiger partial charge in [-0.1, -0.05) is 25.1 Å². The van der Waals surface area contributed by atoms with Crippen molar-refractivity contribution in [3.8, 4) is 0 Å². The SMILES string of the molecule is CC[C@@H](NC[C@H](O)c1ccco1)c1ccccc1F. The second-order valence-electron chi connectivity index (χ2n) is 4.42. The summed E-state index contributed by atoms with van der Waals surface area (Å²) in [5, 5.41) is 13.1. The average Bonchev–Trinajstić information content (AvgIpc) is 2.95. The van der Waals surface area contributed by atoms with Crippen molar-refractivity contribution in [3.63, 3.8) is 0 Å². The van der Waals surface area contributed by atoms with Crippen LogP contribution in [-0.2, 0) is 0 Å². The zero-order chi connectivity index (χ0) is 13.7. The molecule has 1 aromatic carbocycles. The number of furan rings is 1. The van der Waals surface area contributed by atoms with Gasteiger partial charge in [0.25, 0.3) is 0 Å². The summed E-state index contributed by atoms with van der Waals surface area (Å²) in [6.45, 7) is 2.30. The van der Waals surface area contributed by atoms with Crippen LogP contribution in [0.4, 0.5) is 4.39 Å². The molecule has 0 fully saturated rings. The lowest BCUT2D eigenvalue weighted by Crippen LogP contribution is -2.26. The Kier molecular flexibility index (Phi) is 4.71. The molecule has 0 bridgehead atoms. The van der Waals surface area contributed by atoms with Gasteiger partial charge in [-0.05, 0) is 24.6 Å². The molecule has 0 unspecified atom stereocenters. The van der Waals surface area contributed by atoms with Gasteiger partial charge in [0, 0.05) is 18.2 Å². The Hall–Kier alpha value is -1.65. The minimum atomic E-state index is -0.726. The van der Waals surface area contributed by atoms with Crippen molar-refractivity contribution in [2.24, 2.45) is 0 Å². The molecule has 0 aliphatic heterocycles. The largest absolute Gasteiger partial charge is 0.467 e. The van der Waals surface area contributed by atoms with E-state index in [1.54, 1.807) is 24.3 Å². The molecule has 102 valence electrons. The van der Waals surface area contributed by atoms with Gasteiger partial charge in [0.1, 0.15) is 17.7 Å². The van der Waals surface area contributed by atoms with Gasteiger partial charge in [-0.2, -0.15) is 0 Å². The minimum absolute atomic E-state index is 0.120. The molecule has 1 heterocycles. The lowest BCUT2D eigenvalue weighted by atomic mass is 10.0. The van der Waals surface area contributed by atoms with Crippen LogP contribution in [0.3, 0.4) is 0 Å². The van der Waals surface area contributed by atoms with Crippen LogP contribution in [0, 0.1) is 5.82 Å². The van der Waals surface area contributed by atoms with E-state index in [0.29, 0.717) is 17.9 Å². The van der Waals surface area contributed by atoms with E-state index in [0.717, 1.165) is 6.42 Å². The summed E-state index contributed by atoms with van der Waals surface area (Å²) in [6.07, 6.45) is 1.54. The molecule has 0 saturated carbocycles. The zero-order valence-corrected chi connectivity index (χ0v) is 10.8. The number of nitrogens with one attached hydrogen (secondary N) is 1. The van der Waals surface area contributed by atoms with Crippen LogP contribution in [-0.4, -0.2) is 11.7 Å². The Morgan fingerprint density at radius 3 is 2.68 bits per heavy atom. The molecule has 1 aromatic heterocycles. The van der Waals surface area contributed by atoms with E-state index < -0.39 is 6.10 Å². The molecule has 0 radical (unpaired) electrons. The van der Waals surface area contributed by atoms with Gasteiger partial charge in [-0.25, -0.2) is 4.39 Å². The van der Waals surface area contributed by atoms with Crippen molar-refractivity contribution in [2.45, 2.75) is 25.5 Å². The molecule has 2 atom stereocenters. The van der Waals surface area contributed by atoms with Crippen LogP contribution in [0.2, 0.25) is 0 Å². The van der Waals surface area contributed by atoms with Crippen molar-refractivity contribution >= 4 is 0 Å². The maximum Gasteiger partial charge on any atom is 0.133 e. The van der Waals surface area contributed by atoms with Crippen molar-refractivity contribution in [2.75, 3.05) is 6.54 Å². The minimum Gasteiger partial charge on any atom is -0.467 e. The summed E-state index contributed by atoms with van der Waals surface area (Å²) in [6, 6.07) is 10.0. The summed E-state index contributed by atoms with van der Waals surface area (Å²) in [7, 11) is 0. The lowest BCUT2D eigenvalue weighted by Gasteiger charge is -2.19. The summed E-state index contributed by atoms with van der Waals surface area (Å²) in [4.78, 5) is 0. The monoisotopic (exact) mass is 263 g/mol. The summed E-state index contributed by atoms with van der Waals surface area (Å²) in [5.74, 6) is 0.283. The van der Waals surface area contributed by atoms with Crippen molar-refractivity contribution in [3.05, 3.63) is 59.8 Å². The van der Waals surface area contributed by atoms with Crippen LogP contribution in [0.15, 0.2) is 47.1 Å². The maximum absolute atomic E-state index is 13.7. The van der Waals surface area contributed by atoms with E-state index in [9.17, 15) is 9.50 Å². The third-order valence-electron chi connectivity index (χ3n) is 3.12. The molecule has 3 nitrogen and oxygen atoms in total. The van der Waals surface area contributed by atoms with E-state index in [-0.39, 0.29) is 11.9 Å². The fourth-order valence-corrected chi connectivity index (χ4v) is 2.07. The first-order valence-electron chi connectivity index (χ1n) is 6.41. The Morgan fingerprint density at radius 1 is 1.26 bits per heavy atom. The molecule has 0 spiro atoms. The zero-order valence-electron chi connectivity index (χ0n) is 10.8. The molecule has 4 heteroatoms. The van der Waals surface area contributed by atoms with E-state index in [4.69, 9.17) is 4.42 Å². The Labute approximate surface area is 112 Å². The second-order valence-corrected chi connectivity index (χ2v) is 4.42.